The molecule has 2 rings (SSSR count). The Kier molecular flexibility index (Phi) is 3.70. The fourth-order valence-electron chi connectivity index (χ4n) is 2.07. The summed E-state index contributed by atoms with van der Waals surface area (Å²) in [5.74, 6) is 0. The first-order chi connectivity index (χ1) is 8.52. The summed E-state index contributed by atoms with van der Waals surface area (Å²) in [7, 11) is 1.24. The van der Waals surface area contributed by atoms with Gasteiger partial charge in [0.05, 0.1) is 7.11 Å². The molecular weight excluding hydrogens is 247 g/mol. The molecule has 1 aromatic rings. The average molecular weight is 261 g/mol. The normalized spacial score (nSPS) is 20.8. The van der Waals surface area contributed by atoms with Gasteiger partial charge < -0.3 is 10.1 Å². The smallest absolute Gasteiger partial charge is 0.433 e. The number of nitrogens with one attached hydrogen (secondary N) is 1. The van der Waals surface area contributed by atoms with Crippen LogP contribution < -0.4 is 10.1 Å². The summed E-state index contributed by atoms with van der Waals surface area (Å²) in [6.07, 6.45) is -0.739. The van der Waals surface area contributed by atoms with Gasteiger partial charge in [0.1, 0.15) is 0 Å². The van der Waals surface area contributed by atoms with Crippen molar-refractivity contribution in [3.8, 4) is 6.01 Å². The average Bonchev–Trinajstić information content (AvgIpc) is 2.38. The van der Waals surface area contributed by atoms with Crippen LogP contribution in [0.3, 0.4) is 0 Å². The van der Waals surface area contributed by atoms with E-state index in [1.807, 2.05) is 0 Å². The van der Waals surface area contributed by atoms with Gasteiger partial charge in [0.2, 0.25) is 0 Å². The zero-order chi connectivity index (χ0) is 13.2. The monoisotopic (exact) mass is 261 g/mol. The Morgan fingerprint density at radius 1 is 1.39 bits per heavy atom. The number of piperidine rings is 1. The minimum Gasteiger partial charge on any atom is -0.467 e. The van der Waals surface area contributed by atoms with Crippen LogP contribution in [0.5, 0.6) is 6.01 Å². The predicted octanol–water partition coefficient (Wildman–Crippen LogP) is 2.32. The third-order valence-corrected chi connectivity index (χ3v) is 2.93. The molecular formula is C11H14F3N3O. The number of rotatable bonds is 2. The van der Waals surface area contributed by atoms with E-state index in [4.69, 9.17) is 0 Å². The summed E-state index contributed by atoms with van der Waals surface area (Å²) in [5, 5.41) is 3.06. The molecule has 4 nitrogen and oxygen atoms in total. The van der Waals surface area contributed by atoms with Crippen LogP contribution in [0, 0.1) is 0 Å². The van der Waals surface area contributed by atoms with Crippen molar-refractivity contribution in [1.29, 1.82) is 0 Å². The molecule has 1 aliphatic rings. The van der Waals surface area contributed by atoms with E-state index in [1.54, 1.807) is 0 Å². The van der Waals surface area contributed by atoms with Gasteiger partial charge in [-0.15, -0.1) is 0 Å². The quantitative estimate of drug-likeness (QED) is 0.887. The molecule has 100 valence electrons. The molecule has 0 spiro atoms. The van der Waals surface area contributed by atoms with Crippen molar-refractivity contribution in [2.75, 3.05) is 13.7 Å². The van der Waals surface area contributed by atoms with E-state index in [9.17, 15) is 13.2 Å². The second-order valence-electron chi connectivity index (χ2n) is 4.16. The van der Waals surface area contributed by atoms with Gasteiger partial charge in [-0.3, -0.25) is 0 Å². The fourth-order valence-corrected chi connectivity index (χ4v) is 2.07. The number of alkyl halides is 3. The Balaban J connectivity index is 2.38. The largest absolute Gasteiger partial charge is 0.467 e. The second kappa shape index (κ2) is 5.09. The highest BCUT2D eigenvalue weighted by atomic mass is 19.4. The molecule has 0 saturated carbocycles. The molecule has 1 saturated heterocycles. The minimum atomic E-state index is -4.50. The number of nitrogens with zero attached hydrogens (tertiary/aromatic N) is 2. The Morgan fingerprint density at radius 2 is 2.17 bits per heavy atom. The lowest BCUT2D eigenvalue weighted by atomic mass is 9.97. The highest BCUT2D eigenvalue weighted by Gasteiger charge is 2.38. The highest BCUT2D eigenvalue weighted by Crippen LogP contribution is 2.35. The third kappa shape index (κ3) is 2.72. The Bertz CT molecular complexity index is 416. The Labute approximate surface area is 103 Å². The van der Waals surface area contributed by atoms with Gasteiger partial charge in [0.25, 0.3) is 0 Å². The van der Waals surface area contributed by atoms with E-state index in [-0.39, 0.29) is 17.6 Å². The van der Waals surface area contributed by atoms with Crippen LogP contribution in [-0.2, 0) is 6.18 Å². The summed E-state index contributed by atoms with van der Waals surface area (Å²) in [6.45, 7) is 0.716. The summed E-state index contributed by atoms with van der Waals surface area (Å²) in [4.78, 5) is 7.21. The number of aromatic nitrogens is 2. The van der Waals surface area contributed by atoms with Gasteiger partial charge in [0, 0.05) is 17.8 Å². The Hall–Kier alpha value is -1.37. The predicted molar refractivity (Wildman–Crippen MR) is 58.2 cm³/mol. The third-order valence-electron chi connectivity index (χ3n) is 2.93. The van der Waals surface area contributed by atoms with Crippen molar-refractivity contribution in [3.05, 3.63) is 17.5 Å². The van der Waals surface area contributed by atoms with Gasteiger partial charge in [-0.25, -0.2) is 4.98 Å². The molecule has 0 aliphatic carbocycles. The maximum absolute atomic E-state index is 12.9. The van der Waals surface area contributed by atoms with E-state index in [0.29, 0.717) is 13.0 Å². The standard InChI is InChI=1S/C11H14F3N3O/c1-18-10-16-6-7(8-4-2-3-5-15-8)9(17-10)11(12,13)14/h6,8,15H,2-5H2,1H3. The van der Waals surface area contributed by atoms with Gasteiger partial charge >= 0.3 is 12.2 Å². The first-order valence-electron chi connectivity index (χ1n) is 5.74. The lowest BCUT2D eigenvalue weighted by Crippen LogP contribution is -2.29. The van der Waals surface area contributed by atoms with Gasteiger partial charge in [-0.05, 0) is 19.4 Å². The summed E-state index contributed by atoms with van der Waals surface area (Å²) < 4.78 is 43.5. The molecule has 1 fully saturated rings. The fraction of sp³-hybridized carbons (Fsp3) is 0.636. The topological polar surface area (TPSA) is 47.0 Å². The summed E-state index contributed by atoms with van der Waals surface area (Å²) in [6, 6.07) is -0.594. The first kappa shape index (κ1) is 13.1. The second-order valence-corrected chi connectivity index (χ2v) is 4.16. The zero-order valence-electron chi connectivity index (χ0n) is 9.92. The minimum absolute atomic E-state index is 0.100. The molecule has 0 amide bonds. The number of hydrogen-bond donors (Lipinski definition) is 1. The van der Waals surface area contributed by atoms with Gasteiger partial charge in [-0.1, -0.05) is 6.42 Å². The van der Waals surface area contributed by atoms with E-state index >= 15 is 0 Å². The maximum Gasteiger partial charge on any atom is 0.433 e. The molecule has 0 radical (unpaired) electrons. The van der Waals surface area contributed by atoms with Crippen LogP contribution in [0.4, 0.5) is 13.2 Å². The number of ether oxygens (including phenoxy) is 1. The van der Waals surface area contributed by atoms with Crippen molar-refractivity contribution >= 4 is 0 Å². The molecule has 18 heavy (non-hydrogen) atoms. The van der Waals surface area contributed by atoms with Gasteiger partial charge in [0.15, 0.2) is 5.69 Å². The van der Waals surface area contributed by atoms with Gasteiger partial charge in [-0.2, -0.15) is 18.2 Å². The van der Waals surface area contributed by atoms with E-state index in [1.165, 1.54) is 13.3 Å². The number of hydrogen-bond acceptors (Lipinski definition) is 4. The molecule has 2 heterocycles. The van der Waals surface area contributed by atoms with Crippen LogP contribution in [0.2, 0.25) is 0 Å². The zero-order valence-corrected chi connectivity index (χ0v) is 9.92. The van der Waals surface area contributed by atoms with Crippen molar-refractivity contribution in [2.24, 2.45) is 0 Å². The van der Waals surface area contributed by atoms with Crippen LogP contribution in [0.1, 0.15) is 36.6 Å². The van der Waals surface area contributed by atoms with Crippen molar-refractivity contribution in [3.63, 3.8) is 0 Å². The van der Waals surface area contributed by atoms with Crippen LogP contribution >= 0.6 is 0 Å². The molecule has 1 aromatic heterocycles. The lowest BCUT2D eigenvalue weighted by Gasteiger charge is -2.25. The molecule has 7 heteroatoms. The number of methoxy groups -OCH3 is 1. The van der Waals surface area contributed by atoms with Crippen LogP contribution in [-0.4, -0.2) is 23.6 Å². The van der Waals surface area contributed by atoms with Crippen molar-refractivity contribution < 1.29 is 17.9 Å². The summed E-state index contributed by atoms with van der Waals surface area (Å²) >= 11 is 0. The highest BCUT2D eigenvalue weighted by molar-refractivity contribution is 5.26. The van der Waals surface area contributed by atoms with E-state index < -0.39 is 11.9 Å². The SMILES string of the molecule is COc1ncc(C2CCCCN2)c(C(F)(F)F)n1. The number of halogens is 3. The molecule has 1 N–H and O–H groups in total. The first-order valence-corrected chi connectivity index (χ1v) is 5.74. The molecule has 0 aromatic carbocycles. The van der Waals surface area contributed by atoms with Crippen LogP contribution in [0.25, 0.3) is 0 Å². The molecule has 1 atom stereocenters. The van der Waals surface area contributed by atoms with Crippen LogP contribution in [0.15, 0.2) is 6.20 Å². The molecule has 0 bridgehead atoms. The molecule has 1 aliphatic heterocycles. The Morgan fingerprint density at radius 3 is 2.72 bits per heavy atom. The molecule has 1 unspecified atom stereocenters. The van der Waals surface area contributed by atoms with Crippen molar-refractivity contribution in [1.82, 2.24) is 15.3 Å². The van der Waals surface area contributed by atoms with E-state index in [2.05, 4.69) is 20.0 Å². The van der Waals surface area contributed by atoms with E-state index in [0.717, 1.165) is 12.8 Å². The summed E-state index contributed by atoms with van der Waals surface area (Å²) in [5.41, 5.74) is -0.809. The lowest BCUT2D eigenvalue weighted by molar-refractivity contribution is -0.142. The van der Waals surface area contributed by atoms with Crippen molar-refractivity contribution in [2.45, 2.75) is 31.5 Å². The maximum atomic E-state index is 12.9.